The average molecular weight is 328 g/mol. The van der Waals surface area contributed by atoms with Crippen LogP contribution in [0.2, 0.25) is 0 Å². The molecule has 0 fully saturated rings. The van der Waals surface area contributed by atoms with E-state index in [1.165, 1.54) is 0 Å². The molecule has 1 rings (SSSR count). The van der Waals surface area contributed by atoms with Gasteiger partial charge in [-0.2, -0.15) is 0 Å². The second-order valence-electron chi connectivity index (χ2n) is 5.33. The van der Waals surface area contributed by atoms with Crippen molar-refractivity contribution in [2.45, 2.75) is 51.7 Å². The summed E-state index contributed by atoms with van der Waals surface area (Å²) in [4.78, 5) is 23.8. The van der Waals surface area contributed by atoms with Gasteiger partial charge >= 0.3 is 0 Å². The molecule has 22 heavy (non-hydrogen) atoms. The Morgan fingerprint density at radius 1 is 1.14 bits per heavy atom. The first kappa shape index (κ1) is 20.4. The van der Waals surface area contributed by atoms with Gasteiger partial charge in [-0.1, -0.05) is 37.3 Å². The Kier molecular flexibility index (Phi) is 9.45. The maximum atomic E-state index is 11.9. The van der Waals surface area contributed by atoms with Crippen molar-refractivity contribution in [2.24, 2.45) is 5.73 Å². The molecule has 0 aliphatic heterocycles. The number of nitrogens with two attached hydrogens (primary N) is 1. The topological polar surface area (TPSA) is 84.2 Å². The van der Waals surface area contributed by atoms with E-state index in [-0.39, 0.29) is 42.7 Å². The lowest BCUT2D eigenvalue weighted by atomic mass is 10.0. The van der Waals surface area contributed by atoms with E-state index in [0.29, 0.717) is 0 Å². The van der Waals surface area contributed by atoms with Crippen molar-refractivity contribution >= 4 is 24.2 Å². The summed E-state index contributed by atoms with van der Waals surface area (Å²) in [5.74, 6) is -0.399. The highest BCUT2D eigenvalue weighted by molar-refractivity contribution is 5.87. The Balaban J connectivity index is 0.00000441. The van der Waals surface area contributed by atoms with Crippen LogP contribution in [0.5, 0.6) is 0 Å². The SMILES string of the molecule is CCC(C)NC(=O)C(C)NC(=O)CC(N)c1ccccc1.Cl. The highest BCUT2D eigenvalue weighted by Crippen LogP contribution is 2.12. The van der Waals surface area contributed by atoms with Crippen molar-refractivity contribution in [2.75, 3.05) is 0 Å². The lowest BCUT2D eigenvalue weighted by Crippen LogP contribution is -2.47. The van der Waals surface area contributed by atoms with Crippen molar-refractivity contribution in [1.82, 2.24) is 10.6 Å². The van der Waals surface area contributed by atoms with Crippen LogP contribution in [0.3, 0.4) is 0 Å². The molecule has 0 aromatic heterocycles. The molecule has 0 aliphatic carbocycles. The molecule has 0 radical (unpaired) electrons. The summed E-state index contributed by atoms with van der Waals surface area (Å²) in [6.45, 7) is 5.59. The largest absolute Gasteiger partial charge is 0.352 e. The van der Waals surface area contributed by atoms with Gasteiger partial charge in [0.15, 0.2) is 0 Å². The third-order valence-electron chi connectivity index (χ3n) is 3.40. The van der Waals surface area contributed by atoms with Crippen LogP contribution >= 0.6 is 12.4 Å². The van der Waals surface area contributed by atoms with Crippen molar-refractivity contribution in [3.8, 4) is 0 Å². The first-order chi connectivity index (χ1) is 9.93. The van der Waals surface area contributed by atoms with Crippen LogP contribution in [0.25, 0.3) is 0 Å². The molecule has 124 valence electrons. The summed E-state index contributed by atoms with van der Waals surface area (Å²) in [5, 5.41) is 5.51. The van der Waals surface area contributed by atoms with E-state index in [0.717, 1.165) is 12.0 Å². The van der Waals surface area contributed by atoms with E-state index >= 15 is 0 Å². The van der Waals surface area contributed by atoms with Gasteiger partial charge in [0.1, 0.15) is 6.04 Å². The van der Waals surface area contributed by atoms with Gasteiger partial charge < -0.3 is 16.4 Å². The Morgan fingerprint density at radius 2 is 1.73 bits per heavy atom. The van der Waals surface area contributed by atoms with Gasteiger partial charge in [0, 0.05) is 18.5 Å². The number of nitrogens with one attached hydrogen (secondary N) is 2. The monoisotopic (exact) mass is 327 g/mol. The van der Waals surface area contributed by atoms with Crippen molar-refractivity contribution in [3.63, 3.8) is 0 Å². The molecule has 0 saturated heterocycles. The van der Waals surface area contributed by atoms with Crippen molar-refractivity contribution in [1.29, 1.82) is 0 Å². The first-order valence-electron chi connectivity index (χ1n) is 7.34. The van der Waals surface area contributed by atoms with Crippen LogP contribution in [0.15, 0.2) is 30.3 Å². The number of amides is 2. The predicted molar refractivity (Wildman–Crippen MR) is 90.7 cm³/mol. The minimum atomic E-state index is -0.561. The Bertz CT molecular complexity index is 468. The minimum Gasteiger partial charge on any atom is -0.352 e. The number of carbonyl (C=O) groups excluding carboxylic acids is 2. The van der Waals surface area contributed by atoms with Gasteiger partial charge in [-0.25, -0.2) is 0 Å². The Labute approximate surface area is 138 Å². The molecule has 5 nitrogen and oxygen atoms in total. The number of halogens is 1. The normalized spacial score (nSPS) is 14.2. The van der Waals surface area contributed by atoms with Crippen LogP contribution in [-0.4, -0.2) is 23.9 Å². The standard InChI is InChI=1S/C16H25N3O2.ClH/c1-4-11(2)18-16(21)12(3)19-15(20)10-14(17)13-8-6-5-7-9-13;/h5-9,11-12,14H,4,10,17H2,1-3H3,(H,18,21)(H,19,20);1H. The molecule has 0 bridgehead atoms. The molecule has 0 spiro atoms. The summed E-state index contributed by atoms with van der Waals surface area (Å²) in [7, 11) is 0. The van der Waals surface area contributed by atoms with E-state index in [1.54, 1.807) is 6.92 Å². The molecule has 0 heterocycles. The molecule has 2 amide bonds. The Hall–Kier alpha value is -1.59. The van der Waals surface area contributed by atoms with Gasteiger partial charge in [-0.05, 0) is 25.8 Å². The van der Waals surface area contributed by atoms with Crippen LogP contribution in [-0.2, 0) is 9.59 Å². The summed E-state index contributed by atoms with van der Waals surface area (Å²) < 4.78 is 0. The van der Waals surface area contributed by atoms with E-state index in [2.05, 4.69) is 10.6 Å². The third kappa shape index (κ3) is 6.91. The maximum absolute atomic E-state index is 11.9. The predicted octanol–water partition coefficient (Wildman–Crippen LogP) is 1.92. The zero-order chi connectivity index (χ0) is 15.8. The first-order valence-corrected chi connectivity index (χ1v) is 7.34. The summed E-state index contributed by atoms with van der Waals surface area (Å²) in [5.41, 5.74) is 6.90. The van der Waals surface area contributed by atoms with E-state index in [9.17, 15) is 9.59 Å². The lowest BCUT2D eigenvalue weighted by Gasteiger charge is -2.18. The van der Waals surface area contributed by atoms with E-state index in [4.69, 9.17) is 5.73 Å². The van der Waals surface area contributed by atoms with Crippen molar-refractivity contribution in [3.05, 3.63) is 35.9 Å². The molecule has 1 aromatic carbocycles. The van der Waals surface area contributed by atoms with Gasteiger partial charge in [0.05, 0.1) is 0 Å². The highest BCUT2D eigenvalue weighted by atomic mass is 35.5. The number of hydrogen-bond acceptors (Lipinski definition) is 3. The maximum Gasteiger partial charge on any atom is 0.242 e. The van der Waals surface area contributed by atoms with Gasteiger partial charge in [-0.15, -0.1) is 12.4 Å². The van der Waals surface area contributed by atoms with Gasteiger partial charge in [-0.3, -0.25) is 9.59 Å². The van der Waals surface area contributed by atoms with E-state index in [1.807, 2.05) is 44.2 Å². The second-order valence-corrected chi connectivity index (χ2v) is 5.33. The quantitative estimate of drug-likeness (QED) is 0.715. The highest BCUT2D eigenvalue weighted by Gasteiger charge is 2.18. The van der Waals surface area contributed by atoms with Crippen LogP contribution in [0.4, 0.5) is 0 Å². The number of carbonyl (C=O) groups is 2. The molecule has 0 saturated carbocycles. The van der Waals surface area contributed by atoms with Crippen LogP contribution in [0, 0.1) is 0 Å². The van der Waals surface area contributed by atoms with Crippen molar-refractivity contribution < 1.29 is 9.59 Å². The molecule has 3 atom stereocenters. The van der Waals surface area contributed by atoms with Crippen LogP contribution in [0.1, 0.15) is 45.2 Å². The number of hydrogen-bond donors (Lipinski definition) is 3. The van der Waals surface area contributed by atoms with Gasteiger partial charge in [0.25, 0.3) is 0 Å². The molecule has 1 aromatic rings. The fraction of sp³-hybridized carbons (Fsp3) is 0.500. The molecule has 0 aliphatic rings. The molecular weight excluding hydrogens is 302 g/mol. The fourth-order valence-corrected chi connectivity index (χ4v) is 1.85. The zero-order valence-corrected chi connectivity index (χ0v) is 14.2. The lowest BCUT2D eigenvalue weighted by molar-refractivity contribution is -0.129. The summed E-state index contributed by atoms with van der Waals surface area (Å²) in [6, 6.07) is 8.62. The molecule has 6 heteroatoms. The zero-order valence-electron chi connectivity index (χ0n) is 13.3. The second kappa shape index (κ2) is 10.2. The van der Waals surface area contributed by atoms with Crippen LogP contribution < -0.4 is 16.4 Å². The summed E-state index contributed by atoms with van der Waals surface area (Å²) in [6.07, 6.45) is 1.01. The fourth-order valence-electron chi connectivity index (χ4n) is 1.85. The number of rotatable bonds is 7. The minimum absolute atomic E-state index is 0. The molecular formula is C16H26ClN3O2. The summed E-state index contributed by atoms with van der Waals surface area (Å²) >= 11 is 0. The molecule has 4 N–H and O–H groups in total. The van der Waals surface area contributed by atoms with E-state index < -0.39 is 6.04 Å². The number of benzene rings is 1. The third-order valence-corrected chi connectivity index (χ3v) is 3.40. The average Bonchev–Trinajstić information content (AvgIpc) is 2.47. The Morgan fingerprint density at radius 3 is 2.27 bits per heavy atom. The molecule has 3 unspecified atom stereocenters. The van der Waals surface area contributed by atoms with Gasteiger partial charge in [0.2, 0.25) is 11.8 Å². The smallest absolute Gasteiger partial charge is 0.242 e.